The van der Waals surface area contributed by atoms with Gasteiger partial charge in [-0.2, -0.15) is 5.10 Å². The number of hydrogen-bond donors (Lipinski definition) is 1. The highest BCUT2D eigenvalue weighted by molar-refractivity contribution is 5.81. The maximum absolute atomic E-state index is 12.5. The Hall–Kier alpha value is -1.36. The van der Waals surface area contributed by atoms with Crippen LogP contribution < -0.4 is 5.32 Å². The van der Waals surface area contributed by atoms with Gasteiger partial charge in [0.1, 0.15) is 5.54 Å². The number of esters is 1. The largest absolute Gasteiger partial charge is 0.465 e. The highest BCUT2D eigenvalue weighted by atomic mass is 16.5. The second-order valence-electron chi connectivity index (χ2n) is 6.49. The summed E-state index contributed by atoms with van der Waals surface area (Å²) in [6.07, 6.45) is 4.94. The summed E-state index contributed by atoms with van der Waals surface area (Å²) < 4.78 is 7.43. The van der Waals surface area contributed by atoms with Gasteiger partial charge in [0.05, 0.1) is 18.3 Å². The first kappa shape index (κ1) is 14.6. The van der Waals surface area contributed by atoms with Crippen molar-refractivity contribution < 1.29 is 9.53 Å². The summed E-state index contributed by atoms with van der Waals surface area (Å²) >= 11 is 0. The monoisotopic (exact) mass is 291 g/mol. The van der Waals surface area contributed by atoms with Crippen molar-refractivity contribution in [2.75, 3.05) is 6.61 Å². The van der Waals surface area contributed by atoms with Crippen LogP contribution in [0.15, 0.2) is 6.07 Å². The maximum atomic E-state index is 12.5. The van der Waals surface area contributed by atoms with Crippen LogP contribution in [0.3, 0.4) is 0 Å². The van der Waals surface area contributed by atoms with Crippen molar-refractivity contribution in [3.05, 3.63) is 17.5 Å². The number of aryl methyl sites for hydroxylation is 2. The molecule has 0 aliphatic heterocycles. The van der Waals surface area contributed by atoms with Crippen LogP contribution in [-0.2, 0) is 9.53 Å². The van der Waals surface area contributed by atoms with Crippen molar-refractivity contribution >= 4 is 5.97 Å². The van der Waals surface area contributed by atoms with E-state index >= 15 is 0 Å². The first-order chi connectivity index (χ1) is 10.0. The maximum Gasteiger partial charge on any atom is 0.326 e. The first-order valence-electron chi connectivity index (χ1n) is 8.02. The first-order valence-corrected chi connectivity index (χ1v) is 8.02. The zero-order valence-electron chi connectivity index (χ0n) is 13.2. The van der Waals surface area contributed by atoms with Gasteiger partial charge in [0, 0.05) is 11.7 Å². The molecule has 0 radical (unpaired) electrons. The molecule has 5 heteroatoms. The smallest absolute Gasteiger partial charge is 0.326 e. The third-order valence-electron chi connectivity index (χ3n) is 4.60. The zero-order chi connectivity index (χ0) is 15.0. The Balaban J connectivity index is 1.79. The van der Waals surface area contributed by atoms with Gasteiger partial charge in [-0.1, -0.05) is 0 Å². The Labute approximate surface area is 126 Å². The molecule has 0 spiro atoms. The quantitative estimate of drug-likeness (QED) is 0.846. The fourth-order valence-corrected chi connectivity index (χ4v) is 3.51. The van der Waals surface area contributed by atoms with Crippen LogP contribution in [0, 0.1) is 13.8 Å². The van der Waals surface area contributed by atoms with Gasteiger partial charge in [0.25, 0.3) is 0 Å². The van der Waals surface area contributed by atoms with Crippen LogP contribution in [0.25, 0.3) is 0 Å². The lowest BCUT2D eigenvalue weighted by atomic mass is 9.97. The summed E-state index contributed by atoms with van der Waals surface area (Å²) in [5, 5.41) is 8.16. The molecule has 2 aliphatic carbocycles. The van der Waals surface area contributed by atoms with E-state index in [-0.39, 0.29) is 12.0 Å². The van der Waals surface area contributed by atoms with E-state index in [9.17, 15) is 4.79 Å². The lowest BCUT2D eigenvalue weighted by Crippen LogP contribution is -2.52. The molecule has 0 bridgehead atoms. The van der Waals surface area contributed by atoms with E-state index in [2.05, 4.69) is 28.1 Å². The standard InChI is InChI=1S/C16H25N3O2/c1-4-21-15(20)16(17-13-5-6-13)8-7-14(10-16)19-12(3)9-11(2)18-19/h9,13-14,17H,4-8,10H2,1-3H3. The average molecular weight is 291 g/mol. The van der Waals surface area contributed by atoms with Crippen LogP contribution in [-0.4, -0.2) is 33.9 Å². The lowest BCUT2D eigenvalue weighted by Gasteiger charge is -2.28. The van der Waals surface area contributed by atoms with Crippen molar-refractivity contribution in [1.29, 1.82) is 0 Å². The van der Waals surface area contributed by atoms with Crippen molar-refractivity contribution in [3.63, 3.8) is 0 Å². The molecular formula is C16H25N3O2. The summed E-state index contributed by atoms with van der Waals surface area (Å²) in [5.74, 6) is -0.0825. The molecule has 2 unspecified atom stereocenters. The number of nitrogens with zero attached hydrogens (tertiary/aromatic N) is 2. The van der Waals surface area contributed by atoms with E-state index in [4.69, 9.17) is 4.74 Å². The van der Waals surface area contributed by atoms with Crippen LogP contribution in [0.4, 0.5) is 0 Å². The molecule has 0 aromatic carbocycles. The lowest BCUT2D eigenvalue weighted by molar-refractivity contribution is -0.151. The van der Waals surface area contributed by atoms with Crippen LogP contribution in [0.2, 0.25) is 0 Å². The van der Waals surface area contributed by atoms with Crippen molar-refractivity contribution in [2.45, 2.75) is 70.5 Å². The Kier molecular flexibility index (Phi) is 3.78. The van der Waals surface area contributed by atoms with Crippen molar-refractivity contribution in [1.82, 2.24) is 15.1 Å². The average Bonchev–Trinajstić information content (AvgIpc) is 3.02. The molecule has 3 rings (SSSR count). The molecule has 1 aromatic heterocycles. The summed E-state index contributed by atoms with van der Waals surface area (Å²) in [4.78, 5) is 12.5. The molecule has 2 atom stereocenters. The molecule has 116 valence electrons. The number of hydrogen-bond acceptors (Lipinski definition) is 4. The summed E-state index contributed by atoms with van der Waals surface area (Å²) in [7, 11) is 0. The third kappa shape index (κ3) is 2.84. The minimum atomic E-state index is -0.506. The van der Waals surface area contributed by atoms with Gasteiger partial charge >= 0.3 is 5.97 Å². The molecule has 0 amide bonds. The van der Waals surface area contributed by atoms with Gasteiger partial charge < -0.3 is 4.74 Å². The Morgan fingerprint density at radius 2 is 2.24 bits per heavy atom. The Bertz CT molecular complexity index is 536. The van der Waals surface area contributed by atoms with Gasteiger partial charge in [-0.3, -0.25) is 14.8 Å². The minimum absolute atomic E-state index is 0.0825. The van der Waals surface area contributed by atoms with E-state index in [1.165, 1.54) is 18.5 Å². The zero-order valence-corrected chi connectivity index (χ0v) is 13.2. The minimum Gasteiger partial charge on any atom is -0.465 e. The van der Waals surface area contributed by atoms with Gasteiger partial charge in [0.2, 0.25) is 0 Å². The van der Waals surface area contributed by atoms with E-state index < -0.39 is 5.54 Å². The van der Waals surface area contributed by atoms with Crippen LogP contribution >= 0.6 is 0 Å². The number of carbonyl (C=O) groups is 1. The summed E-state index contributed by atoms with van der Waals surface area (Å²) in [6.45, 7) is 6.41. The highest BCUT2D eigenvalue weighted by Gasteiger charge is 2.49. The van der Waals surface area contributed by atoms with E-state index in [1.807, 2.05) is 13.8 Å². The van der Waals surface area contributed by atoms with E-state index in [1.54, 1.807) is 0 Å². The highest BCUT2D eigenvalue weighted by Crippen LogP contribution is 2.41. The van der Waals surface area contributed by atoms with Crippen LogP contribution in [0.5, 0.6) is 0 Å². The normalized spacial score (nSPS) is 28.8. The predicted octanol–water partition coefficient (Wildman–Crippen LogP) is 2.28. The van der Waals surface area contributed by atoms with Crippen molar-refractivity contribution in [3.8, 4) is 0 Å². The molecule has 0 saturated heterocycles. The number of rotatable bonds is 5. The third-order valence-corrected chi connectivity index (χ3v) is 4.60. The molecule has 2 saturated carbocycles. The Morgan fingerprint density at radius 3 is 2.81 bits per heavy atom. The number of carbonyl (C=O) groups excluding carboxylic acids is 1. The molecule has 1 heterocycles. The fraction of sp³-hybridized carbons (Fsp3) is 0.750. The number of nitrogens with one attached hydrogen (secondary N) is 1. The Morgan fingerprint density at radius 1 is 1.48 bits per heavy atom. The van der Waals surface area contributed by atoms with E-state index in [0.717, 1.165) is 25.0 Å². The molecule has 1 aromatic rings. The second-order valence-corrected chi connectivity index (χ2v) is 6.49. The molecular weight excluding hydrogens is 266 g/mol. The van der Waals surface area contributed by atoms with Gasteiger partial charge in [-0.25, -0.2) is 0 Å². The van der Waals surface area contributed by atoms with Crippen molar-refractivity contribution in [2.24, 2.45) is 0 Å². The SMILES string of the molecule is CCOC(=O)C1(NC2CC2)CCC(n2nc(C)cc2C)C1. The van der Waals surface area contributed by atoms with Crippen LogP contribution in [0.1, 0.15) is 56.5 Å². The molecule has 21 heavy (non-hydrogen) atoms. The fourth-order valence-electron chi connectivity index (χ4n) is 3.51. The molecule has 5 nitrogen and oxygen atoms in total. The molecule has 2 fully saturated rings. The summed E-state index contributed by atoms with van der Waals surface area (Å²) in [6, 6.07) is 2.88. The van der Waals surface area contributed by atoms with Gasteiger partial charge in [-0.15, -0.1) is 0 Å². The van der Waals surface area contributed by atoms with E-state index in [0.29, 0.717) is 12.6 Å². The molecule has 1 N–H and O–H groups in total. The number of ether oxygens (including phenoxy) is 1. The summed E-state index contributed by atoms with van der Waals surface area (Å²) in [5.41, 5.74) is 1.70. The predicted molar refractivity (Wildman–Crippen MR) is 80.1 cm³/mol. The van der Waals surface area contributed by atoms with Gasteiger partial charge in [-0.05, 0) is 58.9 Å². The van der Waals surface area contributed by atoms with Gasteiger partial charge in [0.15, 0.2) is 0 Å². The molecule has 2 aliphatic rings. The second kappa shape index (κ2) is 5.44. The number of aromatic nitrogens is 2. The topological polar surface area (TPSA) is 56.1 Å².